The Bertz CT molecular complexity index is 960. The van der Waals surface area contributed by atoms with E-state index in [9.17, 15) is 9.59 Å². The van der Waals surface area contributed by atoms with Crippen LogP contribution in [-0.4, -0.2) is 27.8 Å². The van der Waals surface area contributed by atoms with Gasteiger partial charge in [-0.05, 0) is 42.8 Å². The average Bonchev–Trinajstić information content (AvgIpc) is 3.10. The number of carbonyl (C=O) groups is 2. The van der Waals surface area contributed by atoms with Crippen LogP contribution in [-0.2, 0) is 4.79 Å². The van der Waals surface area contributed by atoms with Gasteiger partial charge in [-0.15, -0.1) is 10.2 Å². The minimum Gasteiger partial charge on any atom is -0.330 e. The highest BCUT2D eigenvalue weighted by Gasteiger charge is 2.13. The molecule has 0 aliphatic carbocycles. The fraction of sp³-hybridized carbons (Fsp3) is 0.111. The molecule has 2 amide bonds. The third kappa shape index (κ3) is 5.53. The van der Waals surface area contributed by atoms with Crippen molar-refractivity contribution in [3.8, 4) is 0 Å². The number of imide groups is 1. The lowest BCUT2D eigenvalue weighted by Gasteiger charge is -2.04. The van der Waals surface area contributed by atoms with Gasteiger partial charge < -0.3 is 5.32 Å². The molecular formula is C18H15ClN4O2S2. The zero-order chi connectivity index (χ0) is 19.2. The quantitative estimate of drug-likeness (QED) is 0.581. The lowest BCUT2D eigenvalue weighted by Crippen LogP contribution is -2.31. The zero-order valence-electron chi connectivity index (χ0n) is 14.2. The molecule has 0 unspecified atom stereocenters. The number of benzene rings is 2. The first-order valence-corrected chi connectivity index (χ1v) is 10.1. The number of nitrogens with zero attached hydrogens (tertiary/aromatic N) is 2. The summed E-state index contributed by atoms with van der Waals surface area (Å²) < 4.78 is 0.639. The molecule has 0 saturated heterocycles. The van der Waals surface area contributed by atoms with E-state index in [4.69, 9.17) is 11.6 Å². The van der Waals surface area contributed by atoms with Crippen molar-refractivity contribution in [1.82, 2.24) is 15.5 Å². The molecule has 0 spiro atoms. The second-order valence-corrected chi connectivity index (χ2v) is 8.12. The van der Waals surface area contributed by atoms with Crippen LogP contribution < -0.4 is 10.6 Å². The molecule has 0 saturated carbocycles. The molecule has 0 bridgehead atoms. The van der Waals surface area contributed by atoms with Gasteiger partial charge in [0.25, 0.3) is 5.91 Å². The van der Waals surface area contributed by atoms with E-state index in [1.807, 2.05) is 31.2 Å². The zero-order valence-corrected chi connectivity index (χ0v) is 16.6. The smallest absolute Gasteiger partial charge is 0.257 e. The Kier molecular flexibility index (Phi) is 6.44. The Morgan fingerprint density at radius 3 is 2.59 bits per heavy atom. The number of hydrogen-bond acceptors (Lipinski definition) is 7. The van der Waals surface area contributed by atoms with Crippen molar-refractivity contribution < 1.29 is 9.59 Å². The second kappa shape index (κ2) is 8.98. The summed E-state index contributed by atoms with van der Waals surface area (Å²) in [6.07, 6.45) is 0. The molecule has 0 atom stereocenters. The van der Waals surface area contributed by atoms with Crippen LogP contribution in [0.15, 0.2) is 52.9 Å². The summed E-state index contributed by atoms with van der Waals surface area (Å²) in [6, 6.07) is 14.2. The number of para-hydroxylation sites is 1. The van der Waals surface area contributed by atoms with Gasteiger partial charge in [-0.3, -0.25) is 14.9 Å². The van der Waals surface area contributed by atoms with Crippen LogP contribution in [0.1, 0.15) is 15.9 Å². The monoisotopic (exact) mass is 418 g/mol. The molecule has 0 radical (unpaired) electrons. The van der Waals surface area contributed by atoms with Gasteiger partial charge in [0.1, 0.15) is 0 Å². The number of hydrogen-bond donors (Lipinski definition) is 2. The van der Waals surface area contributed by atoms with E-state index in [0.717, 1.165) is 11.3 Å². The molecule has 1 heterocycles. The maximum atomic E-state index is 12.0. The number of aromatic nitrogens is 2. The topological polar surface area (TPSA) is 84.0 Å². The minimum absolute atomic E-state index is 0.0678. The first-order chi connectivity index (χ1) is 13.0. The van der Waals surface area contributed by atoms with Crippen molar-refractivity contribution in [1.29, 1.82) is 0 Å². The van der Waals surface area contributed by atoms with Crippen LogP contribution in [0.25, 0.3) is 0 Å². The van der Waals surface area contributed by atoms with Crippen molar-refractivity contribution in [3.63, 3.8) is 0 Å². The Morgan fingerprint density at radius 2 is 1.85 bits per heavy atom. The van der Waals surface area contributed by atoms with Crippen LogP contribution >= 0.6 is 34.7 Å². The van der Waals surface area contributed by atoms with Crippen molar-refractivity contribution in [2.75, 3.05) is 11.1 Å². The maximum absolute atomic E-state index is 12.0. The highest BCUT2D eigenvalue weighted by molar-refractivity contribution is 8.01. The SMILES string of the molecule is Cc1ccccc1Nc1nnc(SCC(=O)NC(=O)c2ccc(Cl)cc2)s1. The Hall–Kier alpha value is -2.42. The molecular weight excluding hydrogens is 404 g/mol. The van der Waals surface area contributed by atoms with Crippen LogP contribution in [0.3, 0.4) is 0 Å². The van der Waals surface area contributed by atoms with Crippen molar-refractivity contribution in [3.05, 3.63) is 64.7 Å². The highest BCUT2D eigenvalue weighted by Crippen LogP contribution is 2.28. The van der Waals surface area contributed by atoms with Gasteiger partial charge in [0.2, 0.25) is 11.0 Å². The van der Waals surface area contributed by atoms with E-state index in [1.165, 1.54) is 23.1 Å². The number of anilines is 2. The number of thioether (sulfide) groups is 1. The number of carbonyl (C=O) groups excluding carboxylic acids is 2. The molecule has 27 heavy (non-hydrogen) atoms. The lowest BCUT2D eigenvalue weighted by molar-refractivity contribution is -0.117. The highest BCUT2D eigenvalue weighted by atomic mass is 35.5. The summed E-state index contributed by atoms with van der Waals surface area (Å²) in [5, 5.41) is 14.8. The van der Waals surface area contributed by atoms with Crippen molar-refractivity contribution >= 4 is 57.3 Å². The van der Waals surface area contributed by atoms with E-state index in [0.29, 0.717) is 20.1 Å². The molecule has 6 nitrogen and oxygen atoms in total. The maximum Gasteiger partial charge on any atom is 0.257 e. The van der Waals surface area contributed by atoms with Gasteiger partial charge >= 0.3 is 0 Å². The standard InChI is InChI=1S/C18H15ClN4O2S2/c1-11-4-2-3-5-14(11)20-17-22-23-18(27-17)26-10-15(24)21-16(25)12-6-8-13(19)9-7-12/h2-9H,10H2,1H3,(H,20,22)(H,21,24,25). The van der Waals surface area contributed by atoms with Crippen molar-refractivity contribution in [2.45, 2.75) is 11.3 Å². The lowest BCUT2D eigenvalue weighted by atomic mass is 10.2. The summed E-state index contributed by atoms with van der Waals surface area (Å²) in [6.45, 7) is 2.00. The van der Waals surface area contributed by atoms with Gasteiger partial charge in [-0.1, -0.05) is 52.9 Å². The molecule has 0 aliphatic rings. The molecule has 0 fully saturated rings. The van der Waals surface area contributed by atoms with E-state index >= 15 is 0 Å². The molecule has 3 aromatic rings. The summed E-state index contributed by atoms with van der Waals surface area (Å²) in [7, 11) is 0. The van der Waals surface area contributed by atoms with Gasteiger partial charge in [-0.25, -0.2) is 0 Å². The summed E-state index contributed by atoms with van der Waals surface area (Å²) in [5.41, 5.74) is 2.43. The molecule has 9 heteroatoms. The number of amides is 2. The molecule has 2 aromatic carbocycles. The van der Waals surface area contributed by atoms with Crippen LogP contribution in [0, 0.1) is 6.92 Å². The predicted octanol–water partition coefficient (Wildman–Crippen LogP) is 4.29. The van der Waals surface area contributed by atoms with Crippen LogP contribution in [0.2, 0.25) is 5.02 Å². The van der Waals surface area contributed by atoms with E-state index < -0.39 is 11.8 Å². The number of nitrogens with one attached hydrogen (secondary N) is 2. The summed E-state index contributed by atoms with van der Waals surface area (Å²) >= 11 is 8.35. The van der Waals surface area contributed by atoms with E-state index in [2.05, 4.69) is 20.8 Å². The Balaban J connectivity index is 1.50. The van der Waals surface area contributed by atoms with Crippen molar-refractivity contribution in [2.24, 2.45) is 0 Å². The Labute approximate surface area is 169 Å². The van der Waals surface area contributed by atoms with E-state index in [-0.39, 0.29) is 5.75 Å². The number of aryl methyl sites for hydroxylation is 1. The first-order valence-electron chi connectivity index (χ1n) is 7.90. The number of rotatable bonds is 6. The molecule has 138 valence electrons. The van der Waals surface area contributed by atoms with Gasteiger partial charge in [0.15, 0.2) is 4.34 Å². The third-order valence-corrected chi connectivity index (χ3v) is 5.70. The average molecular weight is 419 g/mol. The minimum atomic E-state index is -0.462. The largest absolute Gasteiger partial charge is 0.330 e. The Morgan fingerprint density at radius 1 is 1.11 bits per heavy atom. The molecule has 2 N–H and O–H groups in total. The fourth-order valence-corrected chi connectivity index (χ4v) is 3.80. The van der Waals surface area contributed by atoms with Gasteiger partial charge in [0, 0.05) is 16.3 Å². The van der Waals surface area contributed by atoms with E-state index in [1.54, 1.807) is 24.3 Å². The first kappa shape index (κ1) is 19.3. The molecule has 1 aromatic heterocycles. The van der Waals surface area contributed by atoms with Gasteiger partial charge in [0.05, 0.1) is 5.75 Å². The third-order valence-electron chi connectivity index (χ3n) is 3.48. The summed E-state index contributed by atoms with van der Waals surface area (Å²) in [5.74, 6) is -0.793. The predicted molar refractivity (Wildman–Crippen MR) is 109 cm³/mol. The normalized spacial score (nSPS) is 10.4. The van der Waals surface area contributed by atoms with Crippen LogP contribution in [0.4, 0.5) is 10.8 Å². The molecule has 3 rings (SSSR count). The van der Waals surface area contributed by atoms with Gasteiger partial charge in [-0.2, -0.15) is 0 Å². The molecule has 0 aliphatic heterocycles. The number of halogens is 1. The second-order valence-electron chi connectivity index (χ2n) is 5.49. The van der Waals surface area contributed by atoms with Crippen LogP contribution in [0.5, 0.6) is 0 Å². The summed E-state index contributed by atoms with van der Waals surface area (Å²) in [4.78, 5) is 24.0. The fourth-order valence-electron chi connectivity index (χ4n) is 2.11.